The van der Waals surface area contributed by atoms with Gasteiger partial charge >= 0.3 is 0 Å². The van der Waals surface area contributed by atoms with Gasteiger partial charge in [0.2, 0.25) is 0 Å². The first-order valence-corrected chi connectivity index (χ1v) is 8.64. The van der Waals surface area contributed by atoms with Gasteiger partial charge in [0.1, 0.15) is 0 Å². The molecule has 3 atom stereocenters. The fourth-order valence-electron chi connectivity index (χ4n) is 3.07. The van der Waals surface area contributed by atoms with E-state index in [1.807, 2.05) is 0 Å². The predicted octanol–water partition coefficient (Wildman–Crippen LogP) is 4.56. The van der Waals surface area contributed by atoms with Crippen LogP contribution in [0.1, 0.15) is 66.2 Å². The van der Waals surface area contributed by atoms with Gasteiger partial charge in [-0.3, -0.25) is 0 Å². The summed E-state index contributed by atoms with van der Waals surface area (Å²) in [6.45, 7) is 11.2. The average molecular weight is 295 g/mol. The summed E-state index contributed by atoms with van der Waals surface area (Å²) >= 11 is 0. The van der Waals surface area contributed by atoms with Crippen molar-refractivity contribution < 1.29 is 9.47 Å². The smallest absolute Gasteiger partial charge is 0.0737 e. The molecule has 0 heterocycles. The van der Waals surface area contributed by atoms with Gasteiger partial charge in [0.05, 0.1) is 31.3 Å². The normalized spacial score (nSPS) is 26.5. The molecule has 3 nitrogen and oxygen atoms in total. The molecule has 0 saturated heterocycles. The van der Waals surface area contributed by atoms with Gasteiger partial charge in [0.15, 0.2) is 0 Å². The molecule has 0 aromatic rings. The zero-order chi connectivity index (χ0) is 15.7. The molecular formula is C18H33NO2. The van der Waals surface area contributed by atoms with E-state index in [1.54, 1.807) is 0 Å². The predicted molar refractivity (Wildman–Crippen MR) is 86.0 cm³/mol. The molecule has 0 aromatic carbocycles. The molecule has 3 heteroatoms. The summed E-state index contributed by atoms with van der Waals surface area (Å²) in [5.41, 5.74) is 0.347. The largest absolute Gasteiger partial charge is 0.379 e. The Morgan fingerprint density at radius 3 is 2.52 bits per heavy atom. The fourth-order valence-corrected chi connectivity index (χ4v) is 3.07. The van der Waals surface area contributed by atoms with E-state index in [9.17, 15) is 5.26 Å². The van der Waals surface area contributed by atoms with Crippen LogP contribution in [-0.2, 0) is 9.47 Å². The summed E-state index contributed by atoms with van der Waals surface area (Å²) in [6.07, 6.45) is 6.70. The highest BCUT2D eigenvalue weighted by Gasteiger charge is 2.37. The topological polar surface area (TPSA) is 42.2 Å². The molecule has 3 unspecified atom stereocenters. The van der Waals surface area contributed by atoms with E-state index in [1.165, 1.54) is 6.42 Å². The Hall–Kier alpha value is -0.590. The minimum atomic E-state index is 0.0598. The maximum absolute atomic E-state index is 9.32. The van der Waals surface area contributed by atoms with E-state index in [0.717, 1.165) is 38.7 Å². The zero-order valence-corrected chi connectivity index (χ0v) is 14.4. The molecule has 0 radical (unpaired) electrons. The van der Waals surface area contributed by atoms with Crippen LogP contribution < -0.4 is 0 Å². The Morgan fingerprint density at radius 2 is 1.90 bits per heavy atom. The second-order valence-electron chi connectivity index (χ2n) is 6.96. The molecular weight excluding hydrogens is 262 g/mol. The molecule has 1 fully saturated rings. The summed E-state index contributed by atoms with van der Waals surface area (Å²) in [5, 5.41) is 9.32. The minimum absolute atomic E-state index is 0.0598. The van der Waals surface area contributed by atoms with Crippen molar-refractivity contribution in [3.63, 3.8) is 0 Å². The lowest BCUT2D eigenvalue weighted by Crippen LogP contribution is -2.37. The van der Waals surface area contributed by atoms with E-state index in [-0.39, 0.29) is 12.0 Å². The lowest BCUT2D eigenvalue weighted by Gasteiger charge is -2.41. The first-order valence-electron chi connectivity index (χ1n) is 8.64. The highest BCUT2D eigenvalue weighted by Crippen LogP contribution is 2.42. The first-order chi connectivity index (χ1) is 10.0. The fraction of sp³-hybridized carbons (Fsp3) is 0.944. The standard InChI is InChI=1S/C18H33NO2/c1-5-7-10-20-11-12-21-17-13-16(18(3,4)6-2)9-8-15(17)14-19/h15-17H,5-13H2,1-4H3. The number of hydrogen-bond acceptors (Lipinski definition) is 3. The molecule has 0 bridgehead atoms. The average Bonchev–Trinajstić information content (AvgIpc) is 2.50. The third kappa shape index (κ3) is 5.96. The van der Waals surface area contributed by atoms with E-state index < -0.39 is 0 Å². The third-order valence-electron chi connectivity index (χ3n) is 5.18. The summed E-state index contributed by atoms with van der Waals surface area (Å²) in [6, 6.07) is 2.44. The van der Waals surface area contributed by atoms with Gasteiger partial charge in [-0.05, 0) is 37.0 Å². The van der Waals surface area contributed by atoms with Gasteiger partial charge in [-0.15, -0.1) is 0 Å². The van der Waals surface area contributed by atoms with Gasteiger partial charge in [-0.2, -0.15) is 5.26 Å². The van der Waals surface area contributed by atoms with Crippen LogP contribution in [0.3, 0.4) is 0 Å². The van der Waals surface area contributed by atoms with Crippen LogP contribution in [0.2, 0.25) is 0 Å². The van der Waals surface area contributed by atoms with E-state index >= 15 is 0 Å². The second kappa shape index (κ2) is 9.43. The van der Waals surface area contributed by atoms with Crippen molar-refractivity contribution in [1.29, 1.82) is 5.26 Å². The van der Waals surface area contributed by atoms with Gasteiger partial charge < -0.3 is 9.47 Å². The molecule has 1 aliphatic carbocycles. The second-order valence-corrected chi connectivity index (χ2v) is 6.96. The highest BCUT2D eigenvalue weighted by molar-refractivity contribution is 4.96. The summed E-state index contributed by atoms with van der Waals surface area (Å²) in [7, 11) is 0. The van der Waals surface area contributed by atoms with Gasteiger partial charge in [0.25, 0.3) is 0 Å². The van der Waals surface area contributed by atoms with Crippen LogP contribution in [0.15, 0.2) is 0 Å². The lowest BCUT2D eigenvalue weighted by molar-refractivity contribution is -0.0512. The maximum Gasteiger partial charge on any atom is 0.0737 e. The molecule has 0 aliphatic heterocycles. The van der Waals surface area contributed by atoms with Crippen LogP contribution in [0.25, 0.3) is 0 Å². The third-order valence-corrected chi connectivity index (χ3v) is 5.18. The molecule has 122 valence electrons. The van der Waals surface area contributed by atoms with Crippen molar-refractivity contribution >= 4 is 0 Å². The number of nitriles is 1. The summed E-state index contributed by atoms with van der Waals surface area (Å²) in [4.78, 5) is 0. The Balaban J connectivity index is 2.39. The summed E-state index contributed by atoms with van der Waals surface area (Å²) in [5.74, 6) is 0.725. The highest BCUT2D eigenvalue weighted by atomic mass is 16.5. The molecule has 0 spiro atoms. The molecule has 0 aromatic heterocycles. The Bertz CT molecular complexity index is 322. The number of rotatable bonds is 9. The van der Waals surface area contributed by atoms with Crippen molar-refractivity contribution in [2.75, 3.05) is 19.8 Å². The van der Waals surface area contributed by atoms with Crippen LogP contribution in [0, 0.1) is 28.6 Å². The Morgan fingerprint density at radius 1 is 1.14 bits per heavy atom. The maximum atomic E-state index is 9.32. The van der Waals surface area contributed by atoms with Crippen molar-refractivity contribution in [1.82, 2.24) is 0 Å². The Labute approximate surface area is 131 Å². The van der Waals surface area contributed by atoms with Crippen LogP contribution in [0.4, 0.5) is 0 Å². The molecule has 0 N–H and O–H groups in total. The molecule has 1 aliphatic rings. The SMILES string of the molecule is CCCCOCCOC1CC(C(C)(C)CC)CCC1C#N. The van der Waals surface area contributed by atoms with Gasteiger partial charge in [-0.1, -0.05) is 40.5 Å². The van der Waals surface area contributed by atoms with Crippen molar-refractivity contribution in [3.8, 4) is 6.07 Å². The lowest BCUT2D eigenvalue weighted by atomic mass is 9.67. The number of ether oxygens (including phenoxy) is 2. The number of hydrogen-bond donors (Lipinski definition) is 0. The zero-order valence-electron chi connectivity index (χ0n) is 14.4. The summed E-state index contributed by atoms with van der Waals surface area (Å²) < 4.78 is 11.5. The van der Waals surface area contributed by atoms with Crippen molar-refractivity contribution in [3.05, 3.63) is 0 Å². The quantitative estimate of drug-likeness (QED) is 0.585. The number of nitrogens with zero attached hydrogens (tertiary/aromatic N) is 1. The minimum Gasteiger partial charge on any atom is -0.379 e. The molecule has 0 amide bonds. The van der Waals surface area contributed by atoms with Crippen molar-refractivity contribution in [2.24, 2.45) is 17.3 Å². The van der Waals surface area contributed by atoms with Crippen molar-refractivity contribution in [2.45, 2.75) is 72.3 Å². The molecule has 21 heavy (non-hydrogen) atoms. The monoisotopic (exact) mass is 295 g/mol. The Kier molecular flexibility index (Phi) is 8.29. The van der Waals surface area contributed by atoms with Crippen LogP contribution >= 0.6 is 0 Å². The van der Waals surface area contributed by atoms with Crippen LogP contribution in [0.5, 0.6) is 0 Å². The van der Waals surface area contributed by atoms with E-state index in [0.29, 0.717) is 24.5 Å². The first kappa shape index (κ1) is 18.5. The van der Waals surface area contributed by atoms with E-state index in [2.05, 4.69) is 33.8 Å². The number of unbranched alkanes of at least 4 members (excludes halogenated alkanes) is 1. The van der Waals surface area contributed by atoms with Gasteiger partial charge in [0, 0.05) is 6.61 Å². The van der Waals surface area contributed by atoms with Crippen LogP contribution in [-0.4, -0.2) is 25.9 Å². The van der Waals surface area contributed by atoms with Gasteiger partial charge in [-0.25, -0.2) is 0 Å². The molecule has 1 rings (SSSR count). The van der Waals surface area contributed by atoms with E-state index in [4.69, 9.17) is 9.47 Å². The molecule has 1 saturated carbocycles.